The molecule has 2 N–H and O–H groups in total. The van der Waals surface area contributed by atoms with Crippen LogP contribution in [0.2, 0.25) is 0 Å². The van der Waals surface area contributed by atoms with E-state index in [1.54, 1.807) is 24.0 Å². The number of urea groups is 1. The van der Waals surface area contributed by atoms with E-state index < -0.39 is 17.5 Å². The van der Waals surface area contributed by atoms with Crippen LogP contribution in [-0.2, 0) is 15.1 Å². The number of carbonyl (C=O) groups excluding carboxylic acids is 3. The average Bonchev–Trinajstić information content (AvgIpc) is 3.35. The normalized spacial score (nSPS) is 21.1. The van der Waals surface area contributed by atoms with Crippen LogP contribution in [0.25, 0.3) is 16.5 Å². The number of H-pyrrole nitrogens is 1. The van der Waals surface area contributed by atoms with E-state index in [1.807, 2.05) is 42.6 Å². The minimum atomic E-state index is -1.16. The molecule has 4 amide bonds. The second-order valence-corrected chi connectivity index (χ2v) is 8.38. The van der Waals surface area contributed by atoms with Gasteiger partial charge < -0.3 is 15.2 Å². The van der Waals surface area contributed by atoms with Gasteiger partial charge in [-0.3, -0.25) is 14.5 Å². The van der Waals surface area contributed by atoms with Gasteiger partial charge in [0.1, 0.15) is 12.1 Å². The van der Waals surface area contributed by atoms with Crippen molar-refractivity contribution in [2.45, 2.75) is 18.9 Å². The van der Waals surface area contributed by atoms with Gasteiger partial charge in [0.05, 0.1) is 0 Å². The number of para-hydroxylation sites is 1. The van der Waals surface area contributed by atoms with E-state index in [4.69, 9.17) is 0 Å². The highest BCUT2D eigenvalue weighted by molar-refractivity contribution is 6.09. The van der Waals surface area contributed by atoms with Crippen molar-refractivity contribution in [3.8, 4) is 0 Å². The third-order valence-electron chi connectivity index (χ3n) is 6.42. The Balaban J connectivity index is 1.28. The number of amides is 4. The number of hydrogen-bond acceptors (Lipinski definition) is 3. The predicted octanol–water partition coefficient (Wildman–Crippen LogP) is 3.25. The van der Waals surface area contributed by atoms with Gasteiger partial charge in [0.15, 0.2) is 0 Å². The first kappa shape index (κ1) is 20.1. The third kappa shape index (κ3) is 3.26. The summed E-state index contributed by atoms with van der Waals surface area (Å²) in [7, 11) is 0. The zero-order valence-corrected chi connectivity index (χ0v) is 17.8. The monoisotopic (exact) mass is 428 g/mol. The highest BCUT2D eigenvalue weighted by Crippen LogP contribution is 2.30. The summed E-state index contributed by atoms with van der Waals surface area (Å²) in [6.45, 7) is 2.41. The molecule has 0 radical (unpaired) electrons. The Morgan fingerprint density at radius 3 is 2.56 bits per heavy atom. The van der Waals surface area contributed by atoms with Crippen LogP contribution in [-0.4, -0.2) is 52.3 Å². The highest BCUT2D eigenvalue weighted by atomic mass is 16.2. The number of aromatic nitrogens is 1. The van der Waals surface area contributed by atoms with Crippen molar-refractivity contribution in [2.24, 2.45) is 0 Å². The molecular weight excluding hydrogens is 404 g/mol. The molecule has 7 heteroatoms. The number of nitrogens with zero attached hydrogens (tertiary/aromatic N) is 2. The molecule has 3 heterocycles. The van der Waals surface area contributed by atoms with E-state index in [0.717, 1.165) is 27.8 Å². The largest absolute Gasteiger partial charge is 0.361 e. The van der Waals surface area contributed by atoms with Crippen LogP contribution >= 0.6 is 0 Å². The zero-order chi connectivity index (χ0) is 22.3. The lowest BCUT2D eigenvalue weighted by Crippen LogP contribution is -2.45. The van der Waals surface area contributed by atoms with E-state index in [9.17, 15) is 14.4 Å². The molecule has 2 aromatic carbocycles. The molecule has 32 heavy (non-hydrogen) atoms. The number of hydrogen-bond donors (Lipinski definition) is 2. The zero-order valence-electron chi connectivity index (χ0n) is 17.8. The Morgan fingerprint density at radius 1 is 1.06 bits per heavy atom. The second kappa shape index (κ2) is 7.67. The molecule has 3 aromatic rings. The smallest absolute Gasteiger partial charge is 0.325 e. The van der Waals surface area contributed by atoms with Gasteiger partial charge in [0, 0.05) is 35.8 Å². The lowest BCUT2D eigenvalue weighted by Gasteiger charge is -2.28. The first-order valence-electron chi connectivity index (χ1n) is 10.7. The number of nitrogens with one attached hydrogen (secondary N) is 2. The molecule has 1 saturated heterocycles. The van der Waals surface area contributed by atoms with Crippen LogP contribution < -0.4 is 5.32 Å². The van der Waals surface area contributed by atoms with Crippen molar-refractivity contribution < 1.29 is 14.4 Å². The molecule has 1 fully saturated rings. The van der Waals surface area contributed by atoms with E-state index >= 15 is 0 Å². The van der Waals surface area contributed by atoms with Crippen molar-refractivity contribution in [1.82, 2.24) is 20.1 Å². The van der Waals surface area contributed by atoms with Crippen molar-refractivity contribution in [1.29, 1.82) is 0 Å². The summed E-state index contributed by atoms with van der Waals surface area (Å²) >= 11 is 0. The maximum absolute atomic E-state index is 13.0. The molecular formula is C25H24N4O3. The minimum Gasteiger partial charge on any atom is -0.361 e. The maximum atomic E-state index is 13.0. The van der Waals surface area contributed by atoms with Crippen molar-refractivity contribution >= 4 is 34.3 Å². The van der Waals surface area contributed by atoms with E-state index in [-0.39, 0.29) is 12.5 Å². The predicted molar refractivity (Wildman–Crippen MR) is 122 cm³/mol. The number of aromatic amines is 1. The molecule has 0 aliphatic carbocycles. The summed E-state index contributed by atoms with van der Waals surface area (Å²) in [5.41, 5.74) is 2.96. The molecule has 0 bridgehead atoms. The molecule has 0 saturated carbocycles. The topological polar surface area (TPSA) is 85.5 Å². The van der Waals surface area contributed by atoms with Gasteiger partial charge in [-0.1, -0.05) is 54.6 Å². The van der Waals surface area contributed by atoms with Crippen LogP contribution in [0.15, 0.2) is 66.9 Å². The van der Waals surface area contributed by atoms with Crippen molar-refractivity contribution in [2.75, 3.05) is 19.6 Å². The fraction of sp³-hybridized carbons (Fsp3) is 0.240. The Kier molecular flexibility index (Phi) is 4.81. The standard InChI is InChI=1S/C25H24N4O3/c1-25(18-7-3-2-4-8-18)23(31)29(24(32)27-25)16-22(30)28-13-11-17(12-14-28)20-15-26-21-10-6-5-9-19(20)21/h2-11,15,26H,12-14,16H2,1H3,(H,27,32). The molecule has 7 nitrogen and oxygen atoms in total. The number of carbonyl (C=O) groups is 3. The highest BCUT2D eigenvalue weighted by Gasteiger charge is 2.49. The Hall–Kier alpha value is -3.87. The maximum Gasteiger partial charge on any atom is 0.325 e. The van der Waals surface area contributed by atoms with Crippen LogP contribution in [0.4, 0.5) is 4.79 Å². The summed E-state index contributed by atoms with van der Waals surface area (Å²) < 4.78 is 0. The molecule has 1 atom stereocenters. The number of imide groups is 1. The van der Waals surface area contributed by atoms with Gasteiger partial charge in [0.25, 0.3) is 5.91 Å². The van der Waals surface area contributed by atoms with Crippen LogP contribution in [0.5, 0.6) is 0 Å². The van der Waals surface area contributed by atoms with Crippen molar-refractivity contribution in [3.63, 3.8) is 0 Å². The average molecular weight is 428 g/mol. The summed E-state index contributed by atoms with van der Waals surface area (Å²) in [6, 6.07) is 16.7. The molecule has 5 rings (SSSR count). The van der Waals surface area contributed by atoms with Gasteiger partial charge in [-0.15, -0.1) is 0 Å². The SMILES string of the molecule is CC1(c2ccccc2)NC(=O)N(CC(=O)N2CC=C(c3c[nH]c4ccccc34)CC2)C1=O. The van der Waals surface area contributed by atoms with Gasteiger partial charge in [-0.2, -0.15) is 0 Å². The van der Waals surface area contributed by atoms with E-state index in [0.29, 0.717) is 18.7 Å². The summed E-state index contributed by atoms with van der Waals surface area (Å²) in [5, 5.41) is 3.91. The fourth-order valence-corrected chi connectivity index (χ4v) is 4.52. The molecule has 2 aliphatic rings. The Morgan fingerprint density at radius 2 is 1.81 bits per heavy atom. The fourth-order valence-electron chi connectivity index (χ4n) is 4.52. The Bertz CT molecular complexity index is 1250. The lowest BCUT2D eigenvalue weighted by atomic mass is 9.92. The summed E-state index contributed by atoms with van der Waals surface area (Å²) in [6.07, 6.45) is 4.78. The molecule has 0 spiro atoms. The summed E-state index contributed by atoms with van der Waals surface area (Å²) in [5.74, 6) is -0.644. The number of rotatable bonds is 4. The van der Waals surface area contributed by atoms with Crippen LogP contribution in [0, 0.1) is 0 Å². The second-order valence-electron chi connectivity index (χ2n) is 8.38. The first-order valence-corrected chi connectivity index (χ1v) is 10.7. The Labute approximate surface area is 185 Å². The van der Waals surface area contributed by atoms with Crippen molar-refractivity contribution in [3.05, 3.63) is 78.0 Å². The van der Waals surface area contributed by atoms with Crippen LogP contribution in [0.3, 0.4) is 0 Å². The third-order valence-corrected chi connectivity index (χ3v) is 6.42. The van der Waals surface area contributed by atoms with Gasteiger partial charge in [-0.25, -0.2) is 4.79 Å². The molecule has 2 aliphatic heterocycles. The minimum absolute atomic E-state index is 0.236. The van der Waals surface area contributed by atoms with E-state index in [2.05, 4.69) is 22.4 Å². The molecule has 162 valence electrons. The van der Waals surface area contributed by atoms with Gasteiger partial charge >= 0.3 is 6.03 Å². The quantitative estimate of drug-likeness (QED) is 0.626. The number of fused-ring (bicyclic) bond motifs is 1. The number of benzene rings is 2. The molecule has 1 unspecified atom stereocenters. The first-order chi connectivity index (χ1) is 15.5. The van der Waals surface area contributed by atoms with Gasteiger partial charge in [-0.05, 0) is 30.5 Å². The van der Waals surface area contributed by atoms with E-state index in [1.165, 1.54) is 5.57 Å². The summed E-state index contributed by atoms with van der Waals surface area (Å²) in [4.78, 5) is 44.5. The van der Waals surface area contributed by atoms with Crippen LogP contribution in [0.1, 0.15) is 24.5 Å². The lowest BCUT2D eigenvalue weighted by molar-refractivity contribution is -0.138. The molecule has 1 aromatic heterocycles. The van der Waals surface area contributed by atoms with Gasteiger partial charge in [0.2, 0.25) is 5.91 Å².